The van der Waals surface area contributed by atoms with Crippen LogP contribution in [-0.4, -0.2) is 72.0 Å². The molecule has 64 heavy (non-hydrogen) atoms. The molecule has 1 aromatic carbocycles. The molecule has 0 heterocycles. The van der Waals surface area contributed by atoms with Gasteiger partial charge in [-0.2, -0.15) is 0 Å². The highest BCUT2D eigenvalue weighted by molar-refractivity contribution is 5.91. The van der Waals surface area contributed by atoms with Crippen molar-refractivity contribution in [2.75, 3.05) is 14.1 Å². The zero-order valence-corrected chi connectivity index (χ0v) is 40.9. The van der Waals surface area contributed by atoms with Gasteiger partial charge >= 0.3 is 0 Å². The molecular formula is C50H90N6O8. The Morgan fingerprint density at radius 2 is 0.859 bits per heavy atom. The predicted molar refractivity (Wildman–Crippen MR) is 255 cm³/mol. The average Bonchev–Trinajstić information content (AvgIpc) is 3.28. The van der Waals surface area contributed by atoms with Gasteiger partial charge in [-0.3, -0.25) is 39.2 Å². The first kappa shape index (κ1) is 60.0. The second-order valence-electron chi connectivity index (χ2n) is 18.5. The van der Waals surface area contributed by atoms with Gasteiger partial charge in [-0.1, -0.05) is 200 Å². The standard InChI is InChI=1S/C30H51N3O4.C20H39N3O4/c1-3-4-5-6-7-8-9-10-11-12-13-14-15-19-22-26(24-28(34)33-37)29(35)32-27(30(36)31-2)23-25-20-17-16-18-21-25;1-6-7-8-9-10-11-12-13-15(14-16(24)23-27)18(25)22-17(19(26)21-5)20(2,3)4/h16-18,20-21,26-27,37H,3-15,19,22-24H2,1-2H3,(H,31,36)(H,32,35)(H,33,34);15,17,27H,6-14H2,1-5H3,(H,21,26)(H,22,25)(H,23,24)/t26-,27+;15-,17-/m11/s1. The van der Waals surface area contributed by atoms with Gasteiger partial charge in [0.25, 0.3) is 0 Å². The molecule has 0 aliphatic heterocycles. The molecule has 0 aliphatic carbocycles. The van der Waals surface area contributed by atoms with Crippen molar-refractivity contribution in [2.45, 2.75) is 214 Å². The van der Waals surface area contributed by atoms with Crippen LogP contribution in [0.5, 0.6) is 0 Å². The van der Waals surface area contributed by atoms with E-state index in [9.17, 15) is 28.8 Å². The highest BCUT2D eigenvalue weighted by Crippen LogP contribution is 2.23. The minimum absolute atomic E-state index is 0.0945. The molecule has 4 atom stereocenters. The summed E-state index contributed by atoms with van der Waals surface area (Å²) in [5.41, 5.74) is 3.70. The Bertz CT molecular complexity index is 1410. The van der Waals surface area contributed by atoms with Gasteiger partial charge in [0.15, 0.2) is 0 Å². The highest BCUT2D eigenvalue weighted by Gasteiger charge is 2.34. The van der Waals surface area contributed by atoms with Gasteiger partial charge in [0.05, 0.1) is 0 Å². The van der Waals surface area contributed by atoms with Crippen molar-refractivity contribution >= 4 is 35.4 Å². The summed E-state index contributed by atoms with van der Waals surface area (Å²) in [7, 11) is 3.07. The molecule has 1 rings (SSSR count). The molecule has 0 fully saturated rings. The normalized spacial score (nSPS) is 13.0. The fourth-order valence-electron chi connectivity index (χ4n) is 7.73. The molecule has 0 aliphatic rings. The largest absolute Gasteiger partial charge is 0.357 e. The summed E-state index contributed by atoms with van der Waals surface area (Å²) in [6.07, 6.45) is 26.6. The molecule has 0 aromatic heterocycles. The molecule has 0 unspecified atom stereocenters. The Hall–Kier alpha value is -4.04. The lowest BCUT2D eigenvalue weighted by molar-refractivity contribution is -0.137. The first-order valence-corrected chi connectivity index (χ1v) is 24.6. The Morgan fingerprint density at radius 1 is 0.500 bits per heavy atom. The van der Waals surface area contributed by atoms with E-state index in [1.807, 2.05) is 51.1 Å². The van der Waals surface area contributed by atoms with E-state index in [0.29, 0.717) is 19.3 Å². The number of benzene rings is 1. The number of rotatable bonds is 35. The summed E-state index contributed by atoms with van der Waals surface area (Å²) in [4.78, 5) is 73.7. The van der Waals surface area contributed by atoms with Gasteiger partial charge < -0.3 is 21.3 Å². The summed E-state index contributed by atoms with van der Waals surface area (Å²) in [5, 5.41) is 28.6. The number of hydrogen-bond acceptors (Lipinski definition) is 8. The zero-order chi connectivity index (χ0) is 48.0. The van der Waals surface area contributed by atoms with Crippen molar-refractivity contribution in [3.63, 3.8) is 0 Å². The molecule has 0 saturated heterocycles. The van der Waals surface area contributed by atoms with E-state index in [1.54, 1.807) is 11.0 Å². The van der Waals surface area contributed by atoms with Crippen molar-refractivity contribution in [3.8, 4) is 0 Å². The first-order chi connectivity index (χ1) is 30.7. The third-order valence-corrected chi connectivity index (χ3v) is 11.7. The Balaban J connectivity index is 0.00000131. The van der Waals surface area contributed by atoms with Crippen LogP contribution in [0.3, 0.4) is 0 Å². The quantitative estimate of drug-likeness (QED) is 0.0187. The van der Waals surface area contributed by atoms with Gasteiger partial charge in [-0.15, -0.1) is 0 Å². The van der Waals surface area contributed by atoms with E-state index in [2.05, 4.69) is 35.1 Å². The maximum Gasteiger partial charge on any atom is 0.244 e. The number of carbonyl (C=O) groups is 6. The molecule has 1 aromatic rings. The maximum atomic E-state index is 13.0. The SMILES string of the molecule is CCCCCCCCCCCCCCCC[C@H](CC(=O)NO)C(=O)N[C@@H](Cc1ccccc1)C(=O)NC.CCCCCCCCC[C@H](CC(=O)NO)C(=O)N[C@H](C(=O)NC)C(C)(C)C. The summed E-state index contributed by atoms with van der Waals surface area (Å²) in [6.45, 7) is 10.1. The van der Waals surface area contributed by atoms with E-state index < -0.39 is 41.1 Å². The lowest BCUT2D eigenvalue weighted by Gasteiger charge is -2.31. The molecule has 6 amide bonds. The summed E-state index contributed by atoms with van der Waals surface area (Å²) < 4.78 is 0. The first-order valence-electron chi connectivity index (χ1n) is 24.6. The van der Waals surface area contributed by atoms with Crippen molar-refractivity contribution in [2.24, 2.45) is 17.3 Å². The predicted octanol–water partition coefficient (Wildman–Crippen LogP) is 8.76. The summed E-state index contributed by atoms with van der Waals surface area (Å²) in [5.74, 6) is -3.54. The van der Waals surface area contributed by atoms with Crippen LogP contribution >= 0.6 is 0 Å². The van der Waals surface area contributed by atoms with E-state index in [1.165, 1.54) is 110 Å². The Morgan fingerprint density at radius 3 is 1.20 bits per heavy atom. The summed E-state index contributed by atoms with van der Waals surface area (Å²) >= 11 is 0. The van der Waals surface area contributed by atoms with Crippen molar-refractivity contribution in [3.05, 3.63) is 35.9 Å². The highest BCUT2D eigenvalue weighted by atomic mass is 16.5. The van der Waals surface area contributed by atoms with Gasteiger partial charge in [0, 0.05) is 45.2 Å². The van der Waals surface area contributed by atoms with Crippen LogP contribution in [0.2, 0.25) is 0 Å². The van der Waals surface area contributed by atoms with Crippen LogP contribution in [0.25, 0.3) is 0 Å². The Labute approximate surface area is 386 Å². The second kappa shape index (κ2) is 38.3. The van der Waals surface area contributed by atoms with Gasteiger partial charge in [-0.05, 0) is 23.8 Å². The van der Waals surface area contributed by atoms with Crippen LogP contribution in [0.1, 0.15) is 201 Å². The lowest BCUT2D eigenvalue weighted by atomic mass is 9.85. The third kappa shape index (κ3) is 30.2. The van der Waals surface area contributed by atoms with E-state index in [0.717, 1.165) is 44.1 Å². The van der Waals surface area contributed by atoms with Crippen LogP contribution in [0, 0.1) is 17.3 Å². The smallest absolute Gasteiger partial charge is 0.244 e. The monoisotopic (exact) mass is 903 g/mol. The topological polar surface area (TPSA) is 215 Å². The number of hydroxylamine groups is 2. The maximum absolute atomic E-state index is 13.0. The molecule has 0 radical (unpaired) electrons. The molecule has 14 nitrogen and oxygen atoms in total. The number of amides is 6. The Kier molecular flexibility index (Phi) is 35.8. The average molecular weight is 903 g/mol. The van der Waals surface area contributed by atoms with Crippen LogP contribution in [0.15, 0.2) is 30.3 Å². The second-order valence-corrected chi connectivity index (χ2v) is 18.5. The molecule has 14 heteroatoms. The number of hydrogen-bond donors (Lipinski definition) is 8. The fourth-order valence-corrected chi connectivity index (χ4v) is 7.73. The number of unbranched alkanes of at least 4 members (excludes halogenated alkanes) is 19. The molecule has 0 spiro atoms. The van der Waals surface area contributed by atoms with Gasteiger partial charge in [-0.25, -0.2) is 11.0 Å². The number of nitrogens with one attached hydrogen (secondary N) is 6. The van der Waals surface area contributed by atoms with Crippen LogP contribution < -0.4 is 32.2 Å². The minimum atomic E-state index is -0.726. The lowest BCUT2D eigenvalue weighted by Crippen LogP contribution is -2.54. The molecular weight excluding hydrogens is 813 g/mol. The minimum Gasteiger partial charge on any atom is -0.357 e. The molecule has 0 saturated carbocycles. The molecule has 0 bridgehead atoms. The molecule has 8 N–H and O–H groups in total. The molecule has 368 valence electrons. The van der Waals surface area contributed by atoms with Gasteiger partial charge in [0.1, 0.15) is 12.1 Å². The number of carbonyl (C=O) groups excluding carboxylic acids is 6. The van der Waals surface area contributed by atoms with E-state index in [4.69, 9.17) is 10.4 Å². The fraction of sp³-hybridized carbons (Fsp3) is 0.760. The van der Waals surface area contributed by atoms with Crippen LogP contribution in [0.4, 0.5) is 0 Å². The van der Waals surface area contributed by atoms with Gasteiger partial charge in [0.2, 0.25) is 35.4 Å². The van der Waals surface area contributed by atoms with Crippen molar-refractivity contribution in [1.29, 1.82) is 0 Å². The van der Waals surface area contributed by atoms with Crippen molar-refractivity contribution < 1.29 is 39.2 Å². The van der Waals surface area contributed by atoms with E-state index >= 15 is 0 Å². The zero-order valence-electron chi connectivity index (χ0n) is 40.9. The number of likely N-dealkylation sites (N-methyl/N-ethyl adjacent to an activating group) is 2. The van der Waals surface area contributed by atoms with Crippen LogP contribution in [-0.2, 0) is 35.2 Å². The van der Waals surface area contributed by atoms with E-state index in [-0.39, 0.29) is 36.5 Å². The third-order valence-electron chi connectivity index (χ3n) is 11.7. The van der Waals surface area contributed by atoms with Crippen molar-refractivity contribution in [1.82, 2.24) is 32.2 Å². The summed E-state index contributed by atoms with van der Waals surface area (Å²) in [6, 6.07) is 8.08.